The van der Waals surface area contributed by atoms with E-state index < -0.39 is 21.7 Å². The summed E-state index contributed by atoms with van der Waals surface area (Å²) < 4.78 is 56.7. The summed E-state index contributed by atoms with van der Waals surface area (Å²) in [4.78, 5) is 18.0. The number of benzene rings is 2. The molecule has 0 saturated heterocycles. The number of aryl methyl sites for hydroxylation is 2. The Bertz CT molecular complexity index is 2080. The molecule has 1 aliphatic heterocycles. The van der Waals surface area contributed by atoms with Crippen LogP contribution in [0.4, 0.5) is 14.5 Å². The number of nitrogens with zero attached hydrogens (tertiary/aromatic N) is 3. The maximum absolute atomic E-state index is 14.7. The molecule has 9 nitrogen and oxygen atoms in total. The number of halogens is 2. The molecule has 0 radical (unpaired) electrons. The lowest BCUT2D eigenvalue weighted by Crippen LogP contribution is -2.30. The van der Waals surface area contributed by atoms with Crippen molar-refractivity contribution < 1.29 is 22.0 Å². The van der Waals surface area contributed by atoms with Crippen molar-refractivity contribution in [3.63, 3.8) is 0 Å². The van der Waals surface area contributed by atoms with Crippen LogP contribution in [0.2, 0.25) is 0 Å². The molecule has 0 saturated carbocycles. The van der Waals surface area contributed by atoms with Gasteiger partial charge in [-0.15, -0.1) is 0 Å². The molecule has 2 aromatic carbocycles. The minimum atomic E-state index is -3.76. The second kappa shape index (κ2) is 10.9. The first-order valence-electron chi connectivity index (χ1n) is 13.7. The monoisotopic (exact) mass is 614 g/mol. The van der Waals surface area contributed by atoms with Gasteiger partial charge in [-0.1, -0.05) is 12.1 Å². The van der Waals surface area contributed by atoms with Crippen LogP contribution in [0, 0.1) is 17.0 Å². The van der Waals surface area contributed by atoms with Crippen molar-refractivity contribution in [1.29, 1.82) is 5.41 Å². The SMILES string of the molecule is CNC(=O)/C(Nc1ccc(F)cc1)=C1\C=C(c2ccc3c(n2)-c2cc4c(F)cccc4n2CC3)C(N(C)S(C)(=O)=O)=CC1=N. The zero-order valence-electron chi connectivity index (χ0n) is 24.1. The predicted molar refractivity (Wildman–Crippen MR) is 166 cm³/mol. The van der Waals surface area contributed by atoms with Gasteiger partial charge in [-0.25, -0.2) is 22.2 Å². The Morgan fingerprint density at radius 2 is 1.82 bits per heavy atom. The summed E-state index contributed by atoms with van der Waals surface area (Å²) in [7, 11) is -0.935. The van der Waals surface area contributed by atoms with Gasteiger partial charge in [0.1, 0.15) is 17.3 Å². The molecule has 3 heterocycles. The lowest BCUT2D eigenvalue weighted by atomic mass is 9.92. The van der Waals surface area contributed by atoms with E-state index in [4.69, 9.17) is 10.4 Å². The molecular formula is C32H28F2N6O3S. The highest BCUT2D eigenvalue weighted by Crippen LogP contribution is 2.38. The van der Waals surface area contributed by atoms with Crippen LogP contribution in [0.3, 0.4) is 0 Å². The molecule has 2 aliphatic rings. The van der Waals surface area contributed by atoms with E-state index in [0.29, 0.717) is 41.0 Å². The second-order valence-electron chi connectivity index (χ2n) is 10.5. The summed E-state index contributed by atoms with van der Waals surface area (Å²) in [5.41, 5.74) is 4.49. The molecule has 0 unspecified atom stereocenters. The van der Waals surface area contributed by atoms with Gasteiger partial charge in [0, 0.05) is 42.9 Å². The number of hydrogen-bond acceptors (Lipinski definition) is 6. The van der Waals surface area contributed by atoms with Crippen LogP contribution < -0.4 is 10.6 Å². The molecule has 1 aliphatic carbocycles. The molecule has 0 spiro atoms. The third-order valence-corrected chi connectivity index (χ3v) is 9.00. The second-order valence-corrected chi connectivity index (χ2v) is 12.6. The Balaban J connectivity index is 1.55. The molecule has 12 heteroatoms. The molecule has 0 bridgehead atoms. The zero-order valence-corrected chi connectivity index (χ0v) is 24.9. The van der Waals surface area contributed by atoms with Crippen molar-refractivity contribution >= 4 is 43.8 Å². The van der Waals surface area contributed by atoms with E-state index in [1.807, 2.05) is 16.7 Å². The summed E-state index contributed by atoms with van der Waals surface area (Å²) in [5.74, 6) is -1.32. The first kappa shape index (κ1) is 29.0. The number of pyridine rings is 1. The van der Waals surface area contributed by atoms with Crippen LogP contribution >= 0.6 is 0 Å². The standard InChI is InChI=1S/C32H28F2N6O3S/c1-36-32(41)31(37-20-10-8-19(33)9-11-20)22-15-23(28(17-25(22)35)39(2)44(3,42)43)26-12-7-18-13-14-40-27-6-4-5-24(34)21(27)16-29(40)30(18)38-26/h4-12,15-17,35,37H,13-14H2,1-3H3,(H,36,41)/b31-22-,35-25?. The number of hydrogen-bond donors (Lipinski definition) is 3. The summed E-state index contributed by atoms with van der Waals surface area (Å²) in [6.07, 6.45) is 4.64. The fourth-order valence-electron chi connectivity index (χ4n) is 5.47. The van der Waals surface area contributed by atoms with Gasteiger partial charge in [0.15, 0.2) is 0 Å². The first-order chi connectivity index (χ1) is 21.0. The number of anilines is 1. The van der Waals surface area contributed by atoms with Crippen molar-refractivity contribution in [3.8, 4) is 11.4 Å². The van der Waals surface area contributed by atoms with Gasteiger partial charge in [-0.05, 0) is 72.7 Å². The van der Waals surface area contributed by atoms with Gasteiger partial charge in [-0.2, -0.15) is 0 Å². The number of rotatable bonds is 6. The van der Waals surface area contributed by atoms with E-state index in [9.17, 15) is 22.0 Å². The maximum Gasteiger partial charge on any atom is 0.268 e. The van der Waals surface area contributed by atoms with Crippen LogP contribution in [0.5, 0.6) is 0 Å². The number of likely N-dealkylation sites (N-methyl/N-ethyl adjacent to an activating group) is 2. The van der Waals surface area contributed by atoms with E-state index in [0.717, 1.165) is 27.3 Å². The normalized spacial score (nSPS) is 15.6. The van der Waals surface area contributed by atoms with Gasteiger partial charge in [0.05, 0.1) is 40.3 Å². The number of amides is 1. The molecular weight excluding hydrogens is 586 g/mol. The van der Waals surface area contributed by atoms with Crippen molar-refractivity contribution in [1.82, 2.24) is 19.2 Å². The van der Waals surface area contributed by atoms with Crippen LogP contribution in [-0.2, 0) is 27.8 Å². The minimum absolute atomic E-state index is 0.00692. The van der Waals surface area contributed by atoms with Crippen molar-refractivity contribution in [2.24, 2.45) is 0 Å². The number of fused-ring (bicyclic) bond motifs is 5. The quantitative estimate of drug-likeness (QED) is 0.269. The molecule has 3 N–H and O–H groups in total. The highest BCUT2D eigenvalue weighted by Gasteiger charge is 2.29. The predicted octanol–water partition coefficient (Wildman–Crippen LogP) is 4.84. The van der Waals surface area contributed by atoms with E-state index in [1.165, 1.54) is 50.5 Å². The third-order valence-electron chi connectivity index (χ3n) is 7.80. The molecule has 44 heavy (non-hydrogen) atoms. The average Bonchev–Trinajstić information content (AvgIpc) is 3.40. The summed E-state index contributed by atoms with van der Waals surface area (Å²) >= 11 is 0. The fourth-order valence-corrected chi connectivity index (χ4v) is 5.98. The topological polar surface area (TPSA) is 120 Å². The van der Waals surface area contributed by atoms with E-state index >= 15 is 0 Å². The summed E-state index contributed by atoms with van der Waals surface area (Å²) in [6.45, 7) is 0.648. The molecule has 0 fully saturated rings. The minimum Gasteiger partial charge on any atom is -0.354 e. The van der Waals surface area contributed by atoms with Crippen LogP contribution in [0.25, 0.3) is 27.9 Å². The fraction of sp³-hybridized carbons (Fsp3) is 0.156. The summed E-state index contributed by atoms with van der Waals surface area (Å²) in [6, 6.07) is 15.8. The Kier molecular flexibility index (Phi) is 7.16. The van der Waals surface area contributed by atoms with E-state index in [1.54, 1.807) is 24.3 Å². The first-order valence-corrected chi connectivity index (χ1v) is 15.5. The van der Waals surface area contributed by atoms with Crippen molar-refractivity contribution in [2.45, 2.75) is 13.0 Å². The molecule has 6 rings (SSSR count). The van der Waals surface area contributed by atoms with Gasteiger partial charge >= 0.3 is 0 Å². The van der Waals surface area contributed by atoms with Gasteiger partial charge in [0.2, 0.25) is 10.0 Å². The van der Waals surface area contributed by atoms with Crippen LogP contribution in [0.1, 0.15) is 11.3 Å². The molecule has 0 atom stereocenters. The number of nitrogens with one attached hydrogen (secondary N) is 3. The molecule has 224 valence electrons. The smallest absolute Gasteiger partial charge is 0.268 e. The molecule has 1 amide bonds. The number of allylic oxidation sites excluding steroid dienone is 4. The lowest BCUT2D eigenvalue weighted by molar-refractivity contribution is -0.116. The maximum atomic E-state index is 14.7. The molecule has 4 aromatic rings. The number of aromatic nitrogens is 2. The van der Waals surface area contributed by atoms with Crippen LogP contribution in [0.15, 0.2) is 89.8 Å². The van der Waals surface area contributed by atoms with E-state index in [-0.39, 0.29) is 28.5 Å². The largest absolute Gasteiger partial charge is 0.354 e. The van der Waals surface area contributed by atoms with Gasteiger partial charge in [-0.3, -0.25) is 9.10 Å². The van der Waals surface area contributed by atoms with Gasteiger partial charge in [0.25, 0.3) is 5.91 Å². The molecule has 2 aromatic heterocycles. The Labute approximate surface area is 252 Å². The van der Waals surface area contributed by atoms with Crippen molar-refractivity contribution in [3.05, 3.63) is 113 Å². The van der Waals surface area contributed by atoms with Gasteiger partial charge < -0.3 is 20.6 Å². The highest BCUT2D eigenvalue weighted by molar-refractivity contribution is 7.88. The number of carbonyl (C=O) groups is 1. The number of sulfonamides is 1. The zero-order chi connectivity index (χ0) is 31.3. The third kappa shape index (κ3) is 5.06. The van der Waals surface area contributed by atoms with E-state index in [2.05, 4.69) is 10.6 Å². The number of carbonyl (C=O) groups excluding carboxylic acids is 1. The Morgan fingerprint density at radius 3 is 2.52 bits per heavy atom. The Morgan fingerprint density at radius 1 is 1.07 bits per heavy atom. The van der Waals surface area contributed by atoms with Crippen molar-refractivity contribution in [2.75, 3.05) is 25.7 Å². The van der Waals surface area contributed by atoms with Crippen LogP contribution in [-0.4, -0.2) is 54.2 Å². The highest BCUT2D eigenvalue weighted by atomic mass is 32.2. The summed E-state index contributed by atoms with van der Waals surface area (Å²) in [5, 5.41) is 14.8. The lowest BCUT2D eigenvalue weighted by Gasteiger charge is -2.27. The average molecular weight is 615 g/mol. The Hall–Kier alpha value is -5.10.